The van der Waals surface area contributed by atoms with E-state index in [4.69, 9.17) is 9.97 Å². The Morgan fingerprint density at radius 1 is 0.240 bits per heavy atom. The highest BCUT2D eigenvalue weighted by Crippen LogP contribution is 2.46. The molecule has 75 heavy (non-hydrogen) atoms. The molecule has 11 aromatic carbocycles. The summed E-state index contributed by atoms with van der Waals surface area (Å²) in [4.78, 5) is 11.3. The van der Waals surface area contributed by atoms with E-state index in [1.807, 2.05) is 0 Å². The number of aromatic nitrogens is 5. The minimum atomic E-state index is 0.644. The van der Waals surface area contributed by atoms with Crippen molar-refractivity contribution in [3.8, 4) is 73.2 Å². The molecule has 15 rings (SSSR count). The van der Waals surface area contributed by atoms with Crippen LogP contribution < -0.4 is 0 Å². The molecule has 0 bridgehead atoms. The Bertz CT molecular complexity index is 4590. The fourth-order valence-corrected chi connectivity index (χ4v) is 11.9. The number of benzene rings is 11. The van der Waals surface area contributed by atoms with Gasteiger partial charge < -0.3 is 13.7 Å². The second-order valence-electron chi connectivity index (χ2n) is 19.3. The molecule has 0 aliphatic carbocycles. The van der Waals surface area contributed by atoms with E-state index in [0.29, 0.717) is 5.82 Å². The van der Waals surface area contributed by atoms with Crippen molar-refractivity contribution in [1.82, 2.24) is 23.7 Å². The van der Waals surface area contributed by atoms with Crippen LogP contribution in [0.5, 0.6) is 0 Å². The first-order chi connectivity index (χ1) is 37.2. The Labute approximate surface area is 433 Å². The normalized spacial score (nSPS) is 11.7. The zero-order valence-electron chi connectivity index (χ0n) is 40.7. The van der Waals surface area contributed by atoms with E-state index in [9.17, 15) is 0 Å². The zero-order valence-corrected chi connectivity index (χ0v) is 40.7. The molecule has 0 aliphatic rings. The van der Waals surface area contributed by atoms with Gasteiger partial charge in [0.15, 0.2) is 5.82 Å². The molecule has 4 aromatic heterocycles. The maximum atomic E-state index is 5.68. The van der Waals surface area contributed by atoms with Gasteiger partial charge in [0, 0.05) is 54.7 Å². The van der Waals surface area contributed by atoms with E-state index in [2.05, 4.69) is 287 Å². The van der Waals surface area contributed by atoms with Gasteiger partial charge in [-0.2, -0.15) is 0 Å². The first kappa shape index (κ1) is 42.6. The van der Waals surface area contributed by atoms with Crippen LogP contribution in [-0.4, -0.2) is 23.7 Å². The minimum Gasteiger partial charge on any atom is -0.309 e. The van der Waals surface area contributed by atoms with Crippen molar-refractivity contribution in [2.45, 2.75) is 0 Å². The van der Waals surface area contributed by atoms with Crippen molar-refractivity contribution in [2.24, 2.45) is 0 Å². The number of nitrogens with zero attached hydrogens (tertiary/aromatic N) is 5. The van der Waals surface area contributed by atoms with Gasteiger partial charge >= 0.3 is 0 Å². The van der Waals surface area contributed by atoms with Crippen LogP contribution in [0.25, 0.3) is 139 Å². The van der Waals surface area contributed by atoms with Crippen molar-refractivity contribution in [2.75, 3.05) is 0 Å². The Morgan fingerprint density at radius 3 is 1.01 bits per heavy atom. The lowest BCUT2D eigenvalue weighted by atomic mass is 9.92. The van der Waals surface area contributed by atoms with E-state index in [1.54, 1.807) is 0 Å². The van der Waals surface area contributed by atoms with Gasteiger partial charge in [-0.1, -0.05) is 206 Å². The van der Waals surface area contributed by atoms with Gasteiger partial charge in [-0.15, -0.1) is 0 Å². The van der Waals surface area contributed by atoms with Crippen LogP contribution in [0, 0.1) is 0 Å². The molecular weight excluding hydrogens is 911 g/mol. The van der Waals surface area contributed by atoms with Crippen LogP contribution >= 0.6 is 0 Å². The summed E-state index contributed by atoms with van der Waals surface area (Å²) in [6, 6.07) is 98.2. The van der Waals surface area contributed by atoms with Crippen LogP contribution in [0.2, 0.25) is 0 Å². The molecule has 5 nitrogen and oxygen atoms in total. The standard InChI is InChI=1S/C70H45N5/c1-4-22-46(23-5-1)50-33-20-40-66(74-62-37-17-12-30-54(62)55-31-13-18-38-63(55)74)68(50)58-45-59(72-70(71-58)48-26-8-3-9-27-48)69-51(47-24-6-2-7-25-47)34-21-41-67(69)75-64-39-19-14-32-56(64)57-44-49(42-43-65(57)75)73-60-35-15-10-28-52(60)53-29-11-16-36-61(53)73/h1-45H. The first-order valence-corrected chi connectivity index (χ1v) is 25.6. The van der Waals surface area contributed by atoms with E-state index in [1.165, 1.54) is 43.4 Å². The van der Waals surface area contributed by atoms with Crippen molar-refractivity contribution in [3.63, 3.8) is 0 Å². The molecular formula is C70H45N5. The fourth-order valence-electron chi connectivity index (χ4n) is 11.9. The SMILES string of the molecule is c1ccc(-c2nc(-c3c(-c4ccccc4)cccc3-n3c4ccccc4c4ccccc43)cc(-c3c(-c4ccccc4)cccc3-n3c4ccccc4c4cc(-n5c6ccccc6c6ccccc65)ccc43)n2)cc1. The molecule has 4 heterocycles. The molecule has 0 unspecified atom stereocenters. The van der Waals surface area contributed by atoms with Crippen LogP contribution in [0.1, 0.15) is 0 Å². The molecule has 0 amide bonds. The second kappa shape index (κ2) is 17.3. The van der Waals surface area contributed by atoms with Crippen LogP contribution in [0.15, 0.2) is 273 Å². The summed E-state index contributed by atoms with van der Waals surface area (Å²) in [6.07, 6.45) is 0. The van der Waals surface area contributed by atoms with Gasteiger partial charge in [-0.25, -0.2) is 9.97 Å². The summed E-state index contributed by atoms with van der Waals surface area (Å²) in [6.45, 7) is 0. The van der Waals surface area contributed by atoms with Crippen LogP contribution in [-0.2, 0) is 0 Å². The van der Waals surface area contributed by atoms with Crippen molar-refractivity contribution in [1.29, 1.82) is 0 Å². The Morgan fingerprint density at radius 2 is 0.587 bits per heavy atom. The van der Waals surface area contributed by atoms with E-state index in [0.717, 1.165) is 89.5 Å². The van der Waals surface area contributed by atoms with Crippen molar-refractivity contribution in [3.05, 3.63) is 273 Å². The van der Waals surface area contributed by atoms with Gasteiger partial charge in [0.1, 0.15) is 0 Å². The number of para-hydroxylation sites is 5. The topological polar surface area (TPSA) is 40.6 Å². The fraction of sp³-hybridized carbons (Fsp3) is 0. The summed E-state index contributed by atoms with van der Waals surface area (Å²) in [5, 5.41) is 7.23. The minimum absolute atomic E-state index is 0.644. The molecule has 15 aromatic rings. The lowest BCUT2D eigenvalue weighted by molar-refractivity contribution is 1.14. The molecule has 350 valence electrons. The highest BCUT2D eigenvalue weighted by atomic mass is 15.0. The molecule has 0 fully saturated rings. The number of hydrogen-bond acceptors (Lipinski definition) is 2. The molecule has 0 radical (unpaired) electrons. The zero-order chi connectivity index (χ0) is 49.4. The average Bonchev–Trinajstić information content (AvgIpc) is 4.13. The third-order valence-corrected chi connectivity index (χ3v) is 15.1. The Kier molecular flexibility index (Phi) is 9.82. The second-order valence-corrected chi connectivity index (χ2v) is 19.3. The lowest BCUT2D eigenvalue weighted by Crippen LogP contribution is -2.04. The smallest absolute Gasteiger partial charge is 0.160 e. The lowest BCUT2D eigenvalue weighted by Gasteiger charge is -2.21. The quantitative estimate of drug-likeness (QED) is 0.152. The van der Waals surface area contributed by atoms with Gasteiger partial charge in [-0.05, 0) is 89.0 Å². The number of hydrogen-bond donors (Lipinski definition) is 0. The van der Waals surface area contributed by atoms with E-state index >= 15 is 0 Å². The van der Waals surface area contributed by atoms with Crippen molar-refractivity contribution < 1.29 is 0 Å². The highest BCUT2D eigenvalue weighted by molar-refractivity contribution is 6.14. The van der Waals surface area contributed by atoms with E-state index in [-0.39, 0.29) is 0 Å². The largest absolute Gasteiger partial charge is 0.309 e. The third-order valence-electron chi connectivity index (χ3n) is 15.1. The Balaban J connectivity index is 1.04. The summed E-state index contributed by atoms with van der Waals surface area (Å²) in [7, 11) is 0. The third kappa shape index (κ3) is 6.79. The molecule has 0 saturated carbocycles. The molecule has 0 aliphatic heterocycles. The predicted molar refractivity (Wildman–Crippen MR) is 312 cm³/mol. The predicted octanol–water partition coefficient (Wildman–Crippen LogP) is 18.1. The molecule has 0 saturated heterocycles. The van der Waals surface area contributed by atoms with Crippen LogP contribution in [0.3, 0.4) is 0 Å². The average molecular weight is 956 g/mol. The number of rotatable bonds is 8. The summed E-state index contributed by atoms with van der Waals surface area (Å²) >= 11 is 0. The van der Waals surface area contributed by atoms with Gasteiger partial charge in [0.25, 0.3) is 0 Å². The van der Waals surface area contributed by atoms with Gasteiger partial charge in [0.05, 0.1) is 55.9 Å². The van der Waals surface area contributed by atoms with Gasteiger partial charge in [-0.3, -0.25) is 0 Å². The molecule has 0 atom stereocenters. The van der Waals surface area contributed by atoms with E-state index < -0.39 is 0 Å². The summed E-state index contributed by atoms with van der Waals surface area (Å²) < 4.78 is 7.28. The van der Waals surface area contributed by atoms with Gasteiger partial charge in [0.2, 0.25) is 0 Å². The maximum Gasteiger partial charge on any atom is 0.160 e. The number of fused-ring (bicyclic) bond motifs is 9. The molecule has 0 spiro atoms. The highest BCUT2D eigenvalue weighted by Gasteiger charge is 2.25. The molecule has 0 N–H and O–H groups in total. The Hall–Kier alpha value is -10.1. The van der Waals surface area contributed by atoms with Crippen LogP contribution in [0.4, 0.5) is 0 Å². The maximum absolute atomic E-state index is 5.68. The summed E-state index contributed by atoms with van der Waals surface area (Å²) in [5.41, 5.74) is 19.0. The van der Waals surface area contributed by atoms with Crippen molar-refractivity contribution >= 4 is 65.4 Å². The summed E-state index contributed by atoms with van der Waals surface area (Å²) in [5.74, 6) is 0.644. The first-order valence-electron chi connectivity index (χ1n) is 25.6. The molecule has 5 heteroatoms. The monoisotopic (exact) mass is 955 g/mol.